The molecule has 1 aliphatic rings. The lowest BCUT2D eigenvalue weighted by molar-refractivity contribution is -0.0112. The van der Waals surface area contributed by atoms with Gasteiger partial charge in [0.15, 0.2) is 0 Å². The summed E-state index contributed by atoms with van der Waals surface area (Å²) in [6.45, 7) is 6.54. The lowest BCUT2D eigenvalue weighted by Crippen LogP contribution is -2.26. The van der Waals surface area contributed by atoms with Gasteiger partial charge in [0.1, 0.15) is 0 Å². The number of rotatable bonds is 7. The molecule has 20 heavy (non-hydrogen) atoms. The minimum Gasteiger partial charge on any atom is -0.381 e. The minimum atomic E-state index is 0.130. The Morgan fingerprint density at radius 2 is 2.00 bits per heavy atom. The average Bonchev–Trinajstić information content (AvgIpc) is 2.50. The van der Waals surface area contributed by atoms with Gasteiger partial charge in [-0.05, 0) is 43.0 Å². The number of ether oxygens (including phenoxy) is 2. The Labute approximate surface area is 130 Å². The van der Waals surface area contributed by atoms with Gasteiger partial charge in [-0.1, -0.05) is 35.0 Å². The average molecular weight is 342 g/mol. The van der Waals surface area contributed by atoms with Crippen molar-refractivity contribution >= 4 is 15.9 Å². The number of halogens is 1. The van der Waals surface area contributed by atoms with Crippen molar-refractivity contribution in [2.45, 2.75) is 25.9 Å². The molecule has 0 aliphatic carbocycles. The lowest BCUT2D eigenvalue weighted by atomic mass is 10.0. The zero-order valence-corrected chi connectivity index (χ0v) is 13.7. The van der Waals surface area contributed by atoms with Gasteiger partial charge in [-0.25, -0.2) is 0 Å². The fourth-order valence-corrected chi connectivity index (χ4v) is 2.66. The van der Waals surface area contributed by atoms with E-state index in [1.54, 1.807) is 0 Å². The van der Waals surface area contributed by atoms with Gasteiger partial charge in [0, 0.05) is 24.2 Å². The van der Waals surface area contributed by atoms with Crippen molar-refractivity contribution in [3.63, 3.8) is 0 Å². The molecule has 0 amide bonds. The molecular formula is C16H24BrNO2. The van der Waals surface area contributed by atoms with E-state index in [9.17, 15) is 0 Å². The van der Waals surface area contributed by atoms with E-state index < -0.39 is 0 Å². The van der Waals surface area contributed by atoms with Crippen molar-refractivity contribution in [1.82, 2.24) is 5.32 Å². The topological polar surface area (TPSA) is 30.5 Å². The van der Waals surface area contributed by atoms with Crippen molar-refractivity contribution in [3.8, 4) is 0 Å². The lowest BCUT2D eigenvalue weighted by Gasteiger charge is -2.25. The summed E-state index contributed by atoms with van der Waals surface area (Å²) in [7, 11) is 0. The van der Waals surface area contributed by atoms with Crippen LogP contribution in [0.3, 0.4) is 0 Å². The number of hydrogen-bond acceptors (Lipinski definition) is 3. The summed E-state index contributed by atoms with van der Waals surface area (Å²) < 4.78 is 12.7. The van der Waals surface area contributed by atoms with Gasteiger partial charge >= 0.3 is 0 Å². The Morgan fingerprint density at radius 1 is 1.30 bits per heavy atom. The van der Waals surface area contributed by atoms with E-state index in [1.165, 1.54) is 5.56 Å². The molecule has 0 saturated carbocycles. The Morgan fingerprint density at radius 3 is 2.65 bits per heavy atom. The second-order valence-corrected chi connectivity index (χ2v) is 6.15. The molecule has 112 valence electrons. The summed E-state index contributed by atoms with van der Waals surface area (Å²) in [5.74, 6) is 0.642. The van der Waals surface area contributed by atoms with Crippen LogP contribution < -0.4 is 5.32 Å². The van der Waals surface area contributed by atoms with Crippen LogP contribution in [0, 0.1) is 5.92 Å². The number of hydrogen-bond donors (Lipinski definition) is 1. The summed E-state index contributed by atoms with van der Waals surface area (Å²) in [6.07, 6.45) is 2.37. The third-order valence-corrected chi connectivity index (χ3v) is 4.22. The molecule has 1 aromatic rings. The molecule has 0 radical (unpaired) electrons. The zero-order valence-electron chi connectivity index (χ0n) is 12.1. The van der Waals surface area contributed by atoms with Gasteiger partial charge in [0.05, 0.1) is 12.7 Å². The van der Waals surface area contributed by atoms with Crippen molar-refractivity contribution in [3.05, 3.63) is 34.3 Å². The van der Waals surface area contributed by atoms with Crippen molar-refractivity contribution < 1.29 is 9.47 Å². The van der Waals surface area contributed by atoms with Crippen LogP contribution in [-0.2, 0) is 9.47 Å². The van der Waals surface area contributed by atoms with Crippen LogP contribution in [0.25, 0.3) is 0 Å². The van der Waals surface area contributed by atoms with Crippen molar-refractivity contribution in [2.75, 3.05) is 32.9 Å². The quantitative estimate of drug-likeness (QED) is 0.822. The first-order chi connectivity index (χ1) is 9.79. The van der Waals surface area contributed by atoms with Crippen LogP contribution in [0.2, 0.25) is 0 Å². The van der Waals surface area contributed by atoms with Crippen molar-refractivity contribution in [2.24, 2.45) is 5.92 Å². The smallest absolute Gasteiger partial charge is 0.0949 e. The van der Waals surface area contributed by atoms with Gasteiger partial charge in [-0.15, -0.1) is 0 Å². The molecule has 1 heterocycles. The summed E-state index contributed by atoms with van der Waals surface area (Å²) in [5.41, 5.74) is 1.24. The van der Waals surface area contributed by atoms with E-state index in [0.29, 0.717) is 5.92 Å². The van der Waals surface area contributed by atoms with Crippen molar-refractivity contribution in [1.29, 1.82) is 0 Å². The van der Waals surface area contributed by atoms with E-state index in [0.717, 1.165) is 50.2 Å². The van der Waals surface area contributed by atoms with Gasteiger partial charge in [0.2, 0.25) is 0 Å². The van der Waals surface area contributed by atoms with Gasteiger partial charge < -0.3 is 14.8 Å². The predicted octanol–water partition coefficient (Wildman–Crippen LogP) is 3.54. The highest BCUT2D eigenvalue weighted by atomic mass is 79.9. The molecule has 1 fully saturated rings. The molecule has 1 unspecified atom stereocenters. The molecule has 1 saturated heterocycles. The minimum absolute atomic E-state index is 0.130. The van der Waals surface area contributed by atoms with Crippen LogP contribution in [-0.4, -0.2) is 32.9 Å². The van der Waals surface area contributed by atoms with Crippen LogP contribution in [0.1, 0.15) is 31.4 Å². The standard InChI is InChI=1S/C16H24BrNO2/c1-2-18-11-16(14-3-5-15(17)6-4-14)20-12-13-7-9-19-10-8-13/h3-6,13,16,18H,2,7-12H2,1H3. The molecule has 1 atom stereocenters. The SMILES string of the molecule is CCNCC(OCC1CCOCC1)c1ccc(Br)cc1. The van der Waals surface area contributed by atoms with E-state index in [4.69, 9.17) is 9.47 Å². The molecule has 0 spiro atoms. The maximum atomic E-state index is 6.18. The third-order valence-electron chi connectivity index (χ3n) is 3.70. The Balaban J connectivity index is 1.90. The monoisotopic (exact) mass is 341 g/mol. The third kappa shape index (κ3) is 5.17. The predicted molar refractivity (Wildman–Crippen MR) is 84.9 cm³/mol. The fraction of sp³-hybridized carbons (Fsp3) is 0.625. The second-order valence-electron chi connectivity index (χ2n) is 5.24. The van der Waals surface area contributed by atoms with Crippen LogP contribution in [0.5, 0.6) is 0 Å². The molecule has 4 heteroatoms. The number of nitrogens with one attached hydrogen (secondary N) is 1. The molecule has 2 rings (SSSR count). The fourth-order valence-electron chi connectivity index (χ4n) is 2.39. The van der Waals surface area contributed by atoms with Crippen LogP contribution >= 0.6 is 15.9 Å². The zero-order chi connectivity index (χ0) is 14.2. The summed E-state index contributed by atoms with van der Waals surface area (Å²) in [6, 6.07) is 8.42. The normalized spacial score (nSPS) is 18.1. The first-order valence-electron chi connectivity index (χ1n) is 7.45. The first-order valence-corrected chi connectivity index (χ1v) is 8.24. The maximum Gasteiger partial charge on any atom is 0.0949 e. The van der Waals surface area contributed by atoms with Gasteiger partial charge in [-0.3, -0.25) is 0 Å². The summed E-state index contributed by atoms with van der Waals surface area (Å²) in [5, 5.41) is 3.39. The van der Waals surface area contributed by atoms with E-state index >= 15 is 0 Å². The maximum absolute atomic E-state index is 6.18. The van der Waals surface area contributed by atoms with Gasteiger partial charge in [-0.2, -0.15) is 0 Å². The molecule has 1 aliphatic heterocycles. The molecule has 0 aromatic heterocycles. The van der Waals surface area contributed by atoms with Crippen LogP contribution in [0.15, 0.2) is 28.7 Å². The first kappa shape index (κ1) is 16.0. The number of benzene rings is 1. The highest BCUT2D eigenvalue weighted by molar-refractivity contribution is 9.10. The number of likely N-dealkylation sites (N-methyl/N-ethyl adjacent to an activating group) is 1. The Hall–Kier alpha value is -0.420. The second kappa shape index (κ2) is 8.78. The van der Waals surface area contributed by atoms with E-state index in [2.05, 4.69) is 52.4 Å². The highest BCUT2D eigenvalue weighted by Gasteiger charge is 2.18. The highest BCUT2D eigenvalue weighted by Crippen LogP contribution is 2.23. The molecule has 1 aromatic carbocycles. The molecule has 3 nitrogen and oxygen atoms in total. The Bertz CT molecular complexity index is 377. The summed E-state index contributed by atoms with van der Waals surface area (Å²) >= 11 is 3.48. The van der Waals surface area contributed by atoms with E-state index in [1.807, 2.05) is 0 Å². The Kier molecular flexibility index (Phi) is 7.00. The molecule has 1 N–H and O–H groups in total. The molecule has 0 bridgehead atoms. The van der Waals surface area contributed by atoms with Crippen LogP contribution in [0.4, 0.5) is 0 Å². The summed E-state index contributed by atoms with van der Waals surface area (Å²) in [4.78, 5) is 0. The largest absolute Gasteiger partial charge is 0.381 e. The molecular weight excluding hydrogens is 318 g/mol. The van der Waals surface area contributed by atoms with E-state index in [-0.39, 0.29) is 6.10 Å². The van der Waals surface area contributed by atoms with Gasteiger partial charge in [0.25, 0.3) is 0 Å².